The molecule has 0 saturated carbocycles. The van der Waals surface area contributed by atoms with Crippen LogP contribution in [0.4, 0.5) is 5.00 Å². The second-order valence-electron chi connectivity index (χ2n) is 19.3. The van der Waals surface area contributed by atoms with Crippen LogP contribution in [-0.4, -0.2) is 140 Å². The highest BCUT2D eigenvalue weighted by Crippen LogP contribution is 2.43. The molecule has 10 rings (SSSR count). The van der Waals surface area contributed by atoms with Gasteiger partial charge in [0, 0.05) is 120 Å². The molecule has 4 aliphatic heterocycles. The van der Waals surface area contributed by atoms with Gasteiger partial charge in [0.1, 0.15) is 34.1 Å². The molecule has 0 bridgehead atoms. The van der Waals surface area contributed by atoms with E-state index in [0.29, 0.717) is 48.2 Å². The van der Waals surface area contributed by atoms with E-state index in [0.717, 1.165) is 92.7 Å². The van der Waals surface area contributed by atoms with Crippen molar-refractivity contribution in [2.75, 3.05) is 58.3 Å². The quantitative estimate of drug-likeness (QED) is 0.114. The fraction of sp³-hybridized carbons (Fsp3) is 0.423. The number of carbonyl (C=O) groups excluding carboxylic acids is 2. The molecule has 0 radical (unpaired) electrons. The normalized spacial score (nSPS) is 19.9. The van der Waals surface area contributed by atoms with Crippen molar-refractivity contribution in [3.8, 4) is 5.00 Å². The van der Waals surface area contributed by atoms with Crippen molar-refractivity contribution in [3.05, 3.63) is 132 Å². The molecule has 16 nitrogen and oxygen atoms in total. The van der Waals surface area contributed by atoms with E-state index in [2.05, 4.69) is 79.8 Å². The van der Waals surface area contributed by atoms with Gasteiger partial charge in [-0.25, -0.2) is 4.98 Å². The first kappa shape index (κ1) is 49.8. The minimum Gasteiger partial charge on any atom is -0.353 e. The molecule has 1 saturated heterocycles. The number of aromatic nitrogens is 5. The number of anilines is 1. The van der Waals surface area contributed by atoms with E-state index >= 15 is 0 Å². The number of thiophene rings is 2. The molecule has 6 aromatic rings. The third-order valence-electron chi connectivity index (χ3n) is 14.4. The maximum absolute atomic E-state index is 14.0. The number of hydrogen-bond donors (Lipinski definition) is 2. The summed E-state index contributed by atoms with van der Waals surface area (Å²) in [5.41, 5.74) is 8.93. The number of piperazine rings is 1. The van der Waals surface area contributed by atoms with Gasteiger partial charge < -0.3 is 20.1 Å². The molecular formula is C52H60Cl2N14O2S2. The van der Waals surface area contributed by atoms with Gasteiger partial charge >= 0.3 is 0 Å². The van der Waals surface area contributed by atoms with Gasteiger partial charge in [0.25, 0.3) is 0 Å². The van der Waals surface area contributed by atoms with Crippen molar-refractivity contribution in [2.45, 2.75) is 84.6 Å². The smallest absolute Gasteiger partial charge is 0.221 e. The summed E-state index contributed by atoms with van der Waals surface area (Å²) in [4.78, 5) is 52.1. The Kier molecular flexibility index (Phi) is 14.3. The van der Waals surface area contributed by atoms with Gasteiger partial charge in [-0.3, -0.25) is 38.9 Å². The molecule has 72 heavy (non-hydrogen) atoms. The van der Waals surface area contributed by atoms with Crippen molar-refractivity contribution in [3.63, 3.8) is 0 Å². The van der Waals surface area contributed by atoms with E-state index in [1.54, 1.807) is 29.0 Å². The number of hydrogen-bond acceptors (Lipinski definition) is 14. The minimum absolute atomic E-state index is 0.0192. The number of aryl methyl sites for hydroxylation is 4. The Morgan fingerprint density at radius 2 is 1.42 bits per heavy atom. The van der Waals surface area contributed by atoms with Gasteiger partial charge in [-0.2, -0.15) is 5.10 Å². The number of rotatable bonds is 14. The predicted molar refractivity (Wildman–Crippen MR) is 289 cm³/mol. The summed E-state index contributed by atoms with van der Waals surface area (Å²) in [7, 11) is 6.08. The van der Waals surface area contributed by atoms with Gasteiger partial charge in [-0.15, -0.1) is 32.9 Å². The van der Waals surface area contributed by atoms with Crippen LogP contribution < -0.4 is 15.5 Å². The molecule has 2 aromatic carbocycles. The summed E-state index contributed by atoms with van der Waals surface area (Å²) < 4.78 is 4.00. The molecular weight excluding hydrogens is 988 g/mol. The molecule has 20 heteroatoms. The lowest BCUT2D eigenvalue weighted by atomic mass is 9.97. The largest absolute Gasteiger partial charge is 0.353 e. The summed E-state index contributed by atoms with van der Waals surface area (Å²) in [6, 6.07) is 14.9. The van der Waals surface area contributed by atoms with Gasteiger partial charge in [0.05, 0.1) is 23.4 Å². The Morgan fingerprint density at radius 3 is 2.08 bits per heavy atom. The molecule has 1 fully saturated rings. The Labute approximate surface area is 438 Å². The van der Waals surface area contributed by atoms with Crippen molar-refractivity contribution in [1.82, 2.24) is 49.8 Å². The molecule has 4 aromatic heterocycles. The monoisotopic (exact) mass is 1050 g/mol. The number of amidine groups is 1. The summed E-state index contributed by atoms with van der Waals surface area (Å²) in [6.45, 7) is 14.4. The SMILES string of the molecule is Cc1sc2c(c1C)C(c1ccc(Cl)cc1)=NC(CNC(=O)CCN1CCN(C)CC1Cc1sc3c(c1C)C(c1ccc(Cl)cc1)=NC(CNC(=O)CCc1cn(C)cn1)c1nnc(C)n1-3)C1=NN(C)C(C)N12. The van der Waals surface area contributed by atoms with Crippen molar-refractivity contribution < 1.29 is 9.59 Å². The third kappa shape index (κ3) is 9.88. The molecule has 4 unspecified atom stereocenters. The molecule has 2 N–H and O–H groups in total. The molecule has 4 aliphatic rings. The Hall–Kier alpha value is -5.76. The Bertz CT molecular complexity index is 3120. The van der Waals surface area contributed by atoms with Crippen LogP contribution in [0.5, 0.6) is 0 Å². The zero-order valence-corrected chi connectivity index (χ0v) is 45.1. The molecule has 2 amide bonds. The van der Waals surface area contributed by atoms with Crippen LogP contribution in [0.3, 0.4) is 0 Å². The van der Waals surface area contributed by atoms with Crippen LogP contribution in [0.25, 0.3) is 5.00 Å². The van der Waals surface area contributed by atoms with Crippen LogP contribution >= 0.6 is 45.9 Å². The van der Waals surface area contributed by atoms with Crippen molar-refractivity contribution in [1.29, 1.82) is 0 Å². The lowest BCUT2D eigenvalue weighted by molar-refractivity contribution is -0.122. The number of imidazole rings is 1. The van der Waals surface area contributed by atoms with E-state index in [4.69, 9.17) is 38.3 Å². The molecule has 0 aliphatic carbocycles. The van der Waals surface area contributed by atoms with E-state index in [-0.39, 0.29) is 30.6 Å². The standard InChI is InChI=1S/C52H60Cl2N14O2S2/c1-29-31(3)71-52-45(29)47(34-9-13-36(53)14-10-34)59-41(50-62-65(8)33(5)68(50)52)25-56-44(70)19-20-66-22-21-63(6)27-39(66)23-42-30(2)46-48(35-11-15-37(54)16-12-35)58-40(49-61-60-32(4)67(49)51(46)72-42)24-55-43(69)18-17-38-26-64(7)28-57-38/h9-16,26,28,33,39-41H,17-25,27H2,1-8H3,(H,55,69)(H,56,70). The Balaban J connectivity index is 0.877. The number of nitrogens with one attached hydrogen (secondary N) is 2. The number of carbonyl (C=O) groups is 2. The maximum Gasteiger partial charge on any atom is 0.221 e. The number of likely N-dealkylation sites (N-methyl/N-ethyl adjacent to an activating group) is 1. The summed E-state index contributed by atoms with van der Waals surface area (Å²) in [6.07, 6.45) is 5.63. The first-order valence-electron chi connectivity index (χ1n) is 24.5. The highest BCUT2D eigenvalue weighted by Gasteiger charge is 2.41. The number of hydrazone groups is 1. The Morgan fingerprint density at radius 1 is 0.778 bits per heavy atom. The second-order valence-corrected chi connectivity index (χ2v) is 22.5. The zero-order chi connectivity index (χ0) is 50.5. The fourth-order valence-electron chi connectivity index (χ4n) is 10.1. The first-order valence-corrected chi connectivity index (χ1v) is 26.9. The molecule has 0 spiro atoms. The van der Waals surface area contributed by atoms with E-state index in [9.17, 15) is 9.59 Å². The van der Waals surface area contributed by atoms with Gasteiger partial charge in [0.2, 0.25) is 11.8 Å². The molecule has 8 heterocycles. The lowest BCUT2D eigenvalue weighted by Crippen LogP contribution is -2.53. The van der Waals surface area contributed by atoms with Crippen molar-refractivity contribution in [2.24, 2.45) is 22.1 Å². The van der Waals surface area contributed by atoms with E-state index in [1.165, 1.54) is 15.3 Å². The second kappa shape index (κ2) is 20.6. The number of halogens is 2. The number of aliphatic imine (C=N–C) groups is 2. The highest BCUT2D eigenvalue weighted by atomic mass is 35.5. The number of benzene rings is 2. The van der Waals surface area contributed by atoms with E-state index < -0.39 is 12.1 Å². The fourth-order valence-corrected chi connectivity index (χ4v) is 13.1. The topological polar surface area (TPSA) is 157 Å². The summed E-state index contributed by atoms with van der Waals surface area (Å²) in [5, 5.41) is 26.1. The zero-order valence-electron chi connectivity index (χ0n) is 41.9. The van der Waals surface area contributed by atoms with Gasteiger partial charge in [-0.1, -0.05) is 47.5 Å². The summed E-state index contributed by atoms with van der Waals surface area (Å²) >= 11 is 16.3. The van der Waals surface area contributed by atoms with Crippen LogP contribution in [0.1, 0.15) is 86.3 Å². The minimum atomic E-state index is -0.497. The van der Waals surface area contributed by atoms with Crippen LogP contribution in [0.2, 0.25) is 10.0 Å². The average Bonchev–Trinajstić information content (AvgIpc) is 4.13. The summed E-state index contributed by atoms with van der Waals surface area (Å²) in [5.74, 6) is 2.14. The first-order chi connectivity index (χ1) is 34.6. The molecule has 376 valence electrons. The number of fused-ring (bicyclic) bond motifs is 6. The van der Waals surface area contributed by atoms with Gasteiger partial charge in [0.15, 0.2) is 11.7 Å². The number of nitrogens with zero attached hydrogens (tertiary/aromatic N) is 12. The molecule has 4 atom stereocenters. The maximum atomic E-state index is 14.0. The van der Waals surface area contributed by atoms with Gasteiger partial charge in [-0.05, 0) is 89.9 Å². The van der Waals surface area contributed by atoms with Crippen LogP contribution in [0, 0.1) is 27.7 Å². The van der Waals surface area contributed by atoms with E-state index in [1.807, 2.05) is 85.3 Å². The van der Waals surface area contributed by atoms with Crippen LogP contribution in [0.15, 0.2) is 76.1 Å². The lowest BCUT2D eigenvalue weighted by Gasteiger charge is -2.40. The predicted octanol–water partition coefficient (Wildman–Crippen LogP) is 7.30. The highest BCUT2D eigenvalue weighted by molar-refractivity contribution is 7.17. The average molecular weight is 1050 g/mol. The van der Waals surface area contributed by atoms with Crippen LogP contribution in [-0.2, 0) is 29.5 Å². The number of amides is 2. The third-order valence-corrected chi connectivity index (χ3v) is 17.4. The van der Waals surface area contributed by atoms with Crippen molar-refractivity contribution >= 4 is 79.9 Å².